The van der Waals surface area contributed by atoms with E-state index in [2.05, 4.69) is 96.0 Å². The van der Waals surface area contributed by atoms with Gasteiger partial charge in [0.05, 0.1) is 5.41 Å². The molecule has 0 saturated carbocycles. The van der Waals surface area contributed by atoms with E-state index in [0.717, 1.165) is 17.5 Å². The Labute approximate surface area is 227 Å². The van der Waals surface area contributed by atoms with Gasteiger partial charge < -0.3 is 0 Å². The Morgan fingerprint density at radius 3 is 1.79 bits per heavy atom. The molecule has 2 aliphatic carbocycles. The van der Waals surface area contributed by atoms with Crippen molar-refractivity contribution in [3.63, 3.8) is 0 Å². The second-order valence-corrected chi connectivity index (χ2v) is 10.4. The lowest BCUT2D eigenvalue weighted by Crippen LogP contribution is -2.34. The minimum Gasteiger partial charge on any atom is -0.213 e. The zero-order valence-corrected chi connectivity index (χ0v) is 21.6. The van der Waals surface area contributed by atoms with E-state index in [9.17, 15) is 0 Å². The standard InChI is InChI=1S/C36H25N3/c1-23-37-34(24-12-3-2-4-13-24)39-35(38-23)28-17-11-21-32-33(28)27-16-7-10-20-31(27)36(32)29-18-8-5-14-25(29)22-26-15-6-9-19-30(26)36/h2-21H,22H2,1H3. The summed E-state index contributed by atoms with van der Waals surface area (Å²) in [5.41, 5.74) is 12.2. The third kappa shape index (κ3) is 3.07. The molecule has 1 spiro atoms. The quantitative estimate of drug-likeness (QED) is 0.244. The van der Waals surface area contributed by atoms with Gasteiger partial charge in [-0.15, -0.1) is 0 Å². The van der Waals surface area contributed by atoms with Crippen LogP contribution in [0.5, 0.6) is 0 Å². The van der Waals surface area contributed by atoms with E-state index in [0.29, 0.717) is 17.5 Å². The zero-order valence-electron chi connectivity index (χ0n) is 21.6. The van der Waals surface area contributed by atoms with Gasteiger partial charge in [-0.05, 0) is 57.9 Å². The van der Waals surface area contributed by atoms with Gasteiger partial charge in [0.1, 0.15) is 5.82 Å². The van der Waals surface area contributed by atoms with Gasteiger partial charge in [-0.1, -0.05) is 121 Å². The first-order valence-electron chi connectivity index (χ1n) is 13.4. The molecule has 0 amide bonds. The number of aromatic nitrogens is 3. The molecule has 1 heterocycles. The Morgan fingerprint density at radius 1 is 0.487 bits per heavy atom. The molecule has 6 aromatic rings. The lowest BCUT2D eigenvalue weighted by molar-refractivity contribution is 0.722. The van der Waals surface area contributed by atoms with Crippen LogP contribution in [0.1, 0.15) is 39.2 Å². The number of nitrogens with zero attached hydrogens (tertiary/aromatic N) is 3. The summed E-state index contributed by atoms with van der Waals surface area (Å²) in [6, 6.07) is 43.6. The predicted molar refractivity (Wildman–Crippen MR) is 156 cm³/mol. The second kappa shape index (κ2) is 8.31. The SMILES string of the molecule is Cc1nc(-c2ccccc2)nc(-c2cccc3c2-c2ccccc2C32c3ccccc3Cc3ccccc32)n1. The van der Waals surface area contributed by atoms with Crippen LogP contribution in [-0.4, -0.2) is 15.0 Å². The van der Waals surface area contributed by atoms with Gasteiger partial charge in [0.25, 0.3) is 0 Å². The van der Waals surface area contributed by atoms with Crippen LogP contribution in [0.25, 0.3) is 33.9 Å². The fourth-order valence-corrected chi connectivity index (χ4v) is 6.84. The highest BCUT2D eigenvalue weighted by atomic mass is 15.0. The maximum Gasteiger partial charge on any atom is 0.164 e. The summed E-state index contributed by atoms with van der Waals surface area (Å²) in [4.78, 5) is 14.6. The molecule has 1 aromatic heterocycles. The topological polar surface area (TPSA) is 38.7 Å². The number of fused-ring (bicyclic) bond motifs is 9. The normalized spacial score (nSPS) is 13.9. The molecule has 2 aliphatic rings. The van der Waals surface area contributed by atoms with Gasteiger partial charge in [-0.2, -0.15) is 0 Å². The van der Waals surface area contributed by atoms with Crippen LogP contribution < -0.4 is 0 Å². The van der Waals surface area contributed by atoms with Crippen molar-refractivity contribution >= 4 is 0 Å². The Balaban J connectivity index is 1.47. The fraction of sp³-hybridized carbons (Fsp3) is 0.0833. The van der Waals surface area contributed by atoms with E-state index in [1.165, 1.54) is 44.5 Å². The second-order valence-electron chi connectivity index (χ2n) is 10.4. The average Bonchev–Trinajstić information content (AvgIpc) is 3.29. The molecule has 0 N–H and O–H groups in total. The summed E-state index contributed by atoms with van der Waals surface area (Å²) >= 11 is 0. The maximum atomic E-state index is 5.02. The lowest BCUT2D eigenvalue weighted by atomic mass is 9.61. The van der Waals surface area contributed by atoms with Crippen LogP contribution in [0, 0.1) is 6.92 Å². The van der Waals surface area contributed by atoms with Gasteiger partial charge >= 0.3 is 0 Å². The summed E-state index contributed by atoms with van der Waals surface area (Å²) in [5.74, 6) is 2.12. The van der Waals surface area contributed by atoms with Crippen molar-refractivity contribution in [2.75, 3.05) is 0 Å². The third-order valence-corrected chi connectivity index (χ3v) is 8.31. The Kier molecular flexibility index (Phi) is 4.71. The molecule has 3 nitrogen and oxygen atoms in total. The summed E-state index contributed by atoms with van der Waals surface area (Å²) in [6.45, 7) is 1.95. The van der Waals surface area contributed by atoms with Crippen molar-refractivity contribution in [2.45, 2.75) is 18.8 Å². The maximum absolute atomic E-state index is 5.02. The van der Waals surface area contributed by atoms with E-state index in [4.69, 9.17) is 9.97 Å². The molecule has 0 saturated heterocycles. The molecular formula is C36H25N3. The summed E-state index contributed by atoms with van der Waals surface area (Å²) in [5, 5.41) is 0. The highest BCUT2D eigenvalue weighted by Gasteiger charge is 2.50. The smallest absolute Gasteiger partial charge is 0.164 e. The zero-order chi connectivity index (χ0) is 26.0. The number of rotatable bonds is 2. The largest absolute Gasteiger partial charge is 0.213 e. The van der Waals surface area contributed by atoms with Gasteiger partial charge in [0.2, 0.25) is 0 Å². The summed E-state index contributed by atoms with van der Waals surface area (Å²) in [7, 11) is 0. The van der Waals surface area contributed by atoms with Crippen LogP contribution in [0.2, 0.25) is 0 Å². The fourth-order valence-electron chi connectivity index (χ4n) is 6.84. The van der Waals surface area contributed by atoms with Crippen LogP contribution in [0.4, 0.5) is 0 Å². The molecule has 0 atom stereocenters. The number of benzene rings is 5. The Morgan fingerprint density at radius 2 is 1.05 bits per heavy atom. The van der Waals surface area contributed by atoms with Crippen LogP contribution >= 0.6 is 0 Å². The molecule has 184 valence electrons. The first kappa shape index (κ1) is 22.1. The van der Waals surface area contributed by atoms with E-state index < -0.39 is 5.41 Å². The number of hydrogen-bond donors (Lipinski definition) is 0. The van der Waals surface area contributed by atoms with Crippen molar-refractivity contribution in [2.24, 2.45) is 0 Å². The molecule has 8 rings (SSSR count). The Bertz CT molecular complexity index is 1860. The first-order chi connectivity index (χ1) is 19.2. The van der Waals surface area contributed by atoms with Gasteiger partial charge in [0, 0.05) is 11.1 Å². The molecule has 0 radical (unpaired) electrons. The van der Waals surface area contributed by atoms with Gasteiger partial charge in [-0.3, -0.25) is 0 Å². The first-order valence-corrected chi connectivity index (χ1v) is 13.4. The number of hydrogen-bond acceptors (Lipinski definition) is 3. The van der Waals surface area contributed by atoms with Crippen LogP contribution in [-0.2, 0) is 11.8 Å². The van der Waals surface area contributed by atoms with E-state index >= 15 is 0 Å². The van der Waals surface area contributed by atoms with E-state index in [-0.39, 0.29) is 0 Å². The molecule has 3 heteroatoms. The van der Waals surface area contributed by atoms with E-state index in [1.54, 1.807) is 0 Å². The monoisotopic (exact) mass is 499 g/mol. The molecule has 0 fully saturated rings. The van der Waals surface area contributed by atoms with Crippen molar-refractivity contribution in [1.82, 2.24) is 15.0 Å². The molecule has 0 bridgehead atoms. The predicted octanol–water partition coefficient (Wildman–Crippen LogP) is 7.78. The van der Waals surface area contributed by atoms with Crippen molar-refractivity contribution in [3.8, 4) is 33.9 Å². The van der Waals surface area contributed by atoms with Crippen molar-refractivity contribution in [3.05, 3.63) is 161 Å². The molecule has 39 heavy (non-hydrogen) atoms. The Hall–Kier alpha value is -4.89. The summed E-state index contributed by atoms with van der Waals surface area (Å²) < 4.78 is 0. The molecule has 5 aromatic carbocycles. The van der Waals surface area contributed by atoms with Crippen molar-refractivity contribution in [1.29, 1.82) is 0 Å². The van der Waals surface area contributed by atoms with Gasteiger partial charge in [-0.25, -0.2) is 15.0 Å². The van der Waals surface area contributed by atoms with Crippen LogP contribution in [0.3, 0.4) is 0 Å². The van der Waals surface area contributed by atoms with E-state index in [1.807, 2.05) is 37.3 Å². The molecule has 0 unspecified atom stereocenters. The highest BCUT2D eigenvalue weighted by molar-refractivity contribution is 5.95. The van der Waals surface area contributed by atoms with Crippen LogP contribution in [0.15, 0.2) is 121 Å². The minimum atomic E-state index is -0.391. The third-order valence-electron chi connectivity index (χ3n) is 8.31. The molecule has 0 aliphatic heterocycles. The molecular weight excluding hydrogens is 474 g/mol. The minimum absolute atomic E-state index is 0.391. The van der Waals surface area contributed by atoms with Crippen molar-refractivity contribution < 1.29 is 0 Å². The average molecular weight is 500 g/mol. The summed E-state index contributed by atoms with van der Waals surface area (Å²) in [6.07, 6.45) is 0.943. The number of aryl methyl sites for hydroxylation is 1. The lowest BCUT2D eigenvalue weighted by Gasteiger charge is -2.40. The van der Waals surface area contributed by atoms with Gasteiger partial charge in [0.15, 0.2) is 11.6 Å². The highest BCUT2D eigenvalue weighted by Crippen LogP contribution is 2.60.